The SMILES string of the molecule is CCOC(=O)c1c(C)nc(NCCCCCC(=O)NO)c(C#N)c1-c1ccc([N+](=O)[O-])cc1. The second-order valence-electron chi connectivity index (χ2n) is 7.08. The van der Waals surface area contributed by atoms with Crippen LogP contribution in [0.1, 0.15) is 54.2 Å². The number of carbonyl (C=O) groups is 2. The zero-order chi connectivity index (χ0) is 24.4. The molecule has 0 spiro atoms. The Kier molecular flexibility index (Phi) is 9.26. The molecule has 0 fully saturated rings. The molecule has 2 aromatic rings. The fourth-order valence-corrected chi connectivity index (χ4v) is 3.28. The molecule has 11 nitrogen and oxygen atoms in total. The summed E-state index contributed by atoms with van der Waals surface area (Å²) >= 11 is 0. The van der Waals surface area contributed by atoms with E-state index < -0.39 is 16.8 Å². The van der Waals surface area contributed by atoms with Crippen LogP contribution in [0.25, 0.3) is 11.1 Å². The summed E-state index contributed by atoms with van der Waals surface area (Å²) in [4.78, 5) is 38.6. The molecule has 0 aliphatic heterocycles. The number of hydroxylamine groups is 1. The van der Waals surface area contributed by atoms with Crippen molar-refractivity contribution in [1.82, 2.24) is 10.5 Å². The number of anilines is 1. The summed E-state index contributed by atoms with van der Waals surface area (Å²) in [5.41, 5.74) is 2.81. The first-order chi connectivity index (χ1) is 15.8. The number of esters is 1. The molecule has 0 saturated carbocycles. The van der Waals surface area contributed by atoms with Crippen molar-refractivity contribution < 1.29 is 24.5 Å². The zero-order valence-electron chi connectivity index (χ0n) is 18.4. The largest absolute Gasteiger partial charge is 0.462 e. The van der Waals surface area contributed by atoms with Crippen LogP contribution in [0.5, 0.6) is 0 Å². The average molecular weight is 455 g/mol. The molecular weight excluding hydrogens is 430 g/mol. The molecule has 1 aromatic carbocycles. The van der Waals surface area contributed by atoms with Gasteiger partial charge < -0.3 is 10.1 Å². The van der Waals surface area contributed by atoms with Gasteiger partial charge in [-0.1, -0.05) is 6.42 Å². The molecule has 11 heteroatoms. The third kappa shape index (κ3) is 6.47. The number of hydrogen-bond donors (Lipinski definition) is 3. The molecule has 0 unspecified atom stereocenters. The maximum absolute atomic E-state index is 12.7. The lowest BCUT2D eigenvalue weighted by Gasteiger charge is -2.17. The van der Waals surface area contributed by atoms with Crippen molar-refractivity contribution in [2.45, 2.75) is 39.5 Å². The van der Waals surface area contributed by atoms with E-state index in [4.69, 9.17) is 9.94 Å². The number of pyridine rings is 1. The van der Waals surface area contributed by atoms with E-state index in [1.54, 1.807) is 19.3 Å². The van der Waals surface area contributed by atoms with Crippen LogP contribution in [0.2, 0.25) is 0 Å². The van der Waals surface area contributed by atoms with Crippen LogP contribution in [0.3, 0.4) is 0 Å². The van der Waals surface area contributed by atoms with Gasteiger partial charge in [0.15, 0.2) is 0 Å². The number of aryl methyl sites for hydroxylation is 1. The first-order valence-corrected chi connectivity index (χ1v) is 10.4. The van der Waals surface area contributed by atoms with Gasteiger partial charge in [0, 0.05) is 30.7 Å². The lowest BCUT2D eigenvalue weighted by molar-refractivity contribution is -0.384. The summed E-state index contributed by atoms with van der Waals surface area (Å²) in [6.45, 7) is 3.88. The quantitative estimate of drug-likeness (QED) is 0.151. The van der Waals surface area contributed by atoms with Crippen molar-refractivity contribution in [2.75, 3.05) is 18.5 Å². The Bertz CT molecular complexity index is 1060. The molecule has 174 valence electrons. The van der Waals surface area contributed by atoms with Crippen molar-refractivity contribution in [3.63, 3.8) is 0 Å². The van der Waals surface area contributed by atoms with E-state index in [0.717, 1.165) is 0 Å². The number of non-ortho nitro benzene ring substituents is 1. The second-order valence-corrected chi connectivity index (χ2v) is 7.08. The van der Waals surface area contributed by atoms with Gasteiger partial charge in [0.2, 0.25) is 5.91 Å². The fourth-order valence-electron chi connectivity index (χ4n) is 3.28. The molecule has 1 amide bonds. The molecule has 2 rings (SSSR count). The molecule has 0 aliphatic carbocycles. The Balaban J connectivity index is 2.39. The van der Waals surface area contributed by atoms with Gasteiger partial charge >= 0.3 is 5.97 Å². The molecule has 33 heavy (non-hydrogen) atoms. The van der Waals surface area contributed by atoms with Crippen LogP contribution in [0.4, 0.5) is 11.5 Å². The number of nitrogens with zero attached hydrogens (tertiary/aromatic N) is 3. The zero-order valence-corrected chi connectivity index (χ0v) is 18.4. The molecule has 1 heterocycles. The number of unbranched alkanes of at least 4 members (excludes halogenated alkanes) is 2. The maximum atomic E-state index is 12.7. The van der Waals surface area contributed by atoms with Crippen LogP contribution < -0.4 is 10.8 Å². The second kappa shape index (κ2) is 12.1. The highest BCUT2D eigenvalue weighted by Crippen LogP contribution is 2.34. The molecule has 0 bridgehead atoms. The van der Waals surface area contributed by atoms with E-state index in [2.05, 4.69) is 16.4 Å². The van der Waals surface area contributed by atoms with Gasteiger partial charge in [-0.3, -0.25) is 20.1 Å². The predicted octanol–water partition coefficient (Wildman–Crippen LogP) is 3.49. The number of amides is 1. The maximum Gasteiger partial charge on any atom is 0.340 e. The van der Waals surface area contributed by atoms with E-state index in [1.165, 1.54) is 24.3 Å². The first kappa shape index (κ1) is 25.2. The molecule has 1 aromatic heterocycles. The molecule has 0 saturated heterocycles. The first-order valence-electron chi connectivity index (χ1n) is 10.4. The lowest BCUT2D eigenvalue weighted by atomic mass is 9.94. The van der Waals surface area contributed by atoms with Gasteiger partial charge in [0.05, 0.1) is 22.8 Å². The molecular formula is C22H25N5O6. The number of nitro groups is 1. The fraction of sp³-hybridized carbons (Fsp3) is 0.364. The van der Waals surface area contributed by atoms with E-state index >= 15 is 0 Å². The van der Waals surface area contributed by atoms with E-state index in [9.17, 15) is 25.0 Å². The van der Waals surface area contributed by atoms with Gasteiger partial charge in [-0.2, -0.15) is 5.26 Å². The van der Waals surface area contributed by atoms with Gasteiger partial charge in [0.25, 0.3) is 5.69 Å². The summed E-state index contributed by atoms with van der Waals surface area (Å²) in [6, 6.07) is 7.65. The number of nitrogens with one attached hydrogen (secondary N) is 2. The Labute approximate surface area is 190 Å². The number of hydrogen-bond acceptors (Lipinski definition) is 9. The third-order valence-electron chi connectivity index (χ3n) is 4.83. The molecule has 0 radical (unpaired) electrons. The van der Waals surface area contributed by atoms with Crippen LogP contribution in [-0.4, -0.2) is 40.1 Å². The molecule has 0 atom stereocenters. The number of rotatable bonds is 11. The number of nitriles is 1. The Morgan fingerprint density at radius 3 is 2.52 bits per heavy atom. The number of aromatic nitrogens is 1. The highest BCUT2D eigenvalue weighted by molar-refractivity contribution is 6.01. The minimum atomic E-state index is -0.638. The number of ether oxygens (including phenoxy) is 1. The summed E-state index contributed by atoms with van der Waals surface area (Å²) in [5.74, 6) is -0.806. The van der Waals surface area contributed by atoms with Crippen LogP contribution in [-0.2, 0) is 9.53 Å². The highest BCUT2D eigenvalue weighted by Gasteiger charge is 2.25. The van der Waals surface area contributed by atoms with Crippen molar-refractivity contribution in [3.05, 3.63) is 51.2 Å². The van der Waals surface area contributed by atoms with E-state index in [1.807, 2.05) is 0 Å². The van der Waals surface area contributed by atoms with Crippen LogP contribution >= 0.6 is 0 Å². The summed E-state index contributed by atoms with van der Waals surface area (Å²) < 4.78 is 5.16. The standard InChI is InChI=1S/C22H25N5O6/c1-3-33-22(29)19-14(2)25-21(24-12-6-4-5-7-18(28)26-30)17(13-23)20(19)15-8-10-16(11-9-15)27(31)32/h8-11,30H,3-7,12H2,1-2H3,(H,24,25)(H,26,28). The van der Waals surface area contributed by atoms with Crippen molar-refractivity contribution in [2.24, 2.45) is 0 Å². The average Bonchev–Trinajstić information content (AvgIpc) is 2.80. The smallest absolute Gasteiger partial charge is 0.340 e. The highest BCUT2D eigenvalue weighted by atomic mass is 16.6. The van der Waals surface area contributed by atoms with E-state index in [-0.39, 0.29) is 35.7 Å². The monoisotopic (exact) mass is 455 g/mol. The third-order valence-corrected chi connectivity index (χ3v) is 4.83. The summed E-state index contributed by atoms with van der Waals surface area (Å²) in [6.07, 6.45) is 2.17. The van der Waals surface area contributed by atoms with Gasteiger partial charge in [-0.05, 0) is 44.4 Å². The number of carbonyl (C=O) groups excluding carboxylic acids is 2. The predicted molar refractivity (Wildman–Crippen MR) is 119 cm³/mol. The van der Waals surface area contributed by atoms with E-state index in [0.29, 0.717) is 42.6 Å². The minimum absolute atomic E-state index is 0.117. The normalized spacial score (nSPS) is 10.2. The van der Waals surface area contributed by atoms with Gasteiger partial charge in [-0.15, -0.1) is 0 Å². The summed E-state index contributed by atoms with van der Waals surface area (Å²) in [7, 11) is 0. The van der Waals surface area contributed by atoms with Crippen molar-refractivity contribution >= 4 is 23.4 Å². The summed E-state index contributed by atoms with van der Waals surface area (Å²) in [5, 5.41) is 32.5. The Hall–Kier alpha value is -4.04. The van der Waals surface area contributed by atoms with Gasteiger partial charge in [-0.25, -0.2) is 15.3 Å². The molecule has 0 aliphatic rings. The van der Waals surface area contributed by atoms with Crippen LogP contribution in [0, 0.1) is 28.4 Å². The lowest BCUT2D eigenvalue weighted by Crippen LogP contribution is -2.18. The van der Waals surface area contributed by atoms with Crippen LogP contribution in [0.15, 0.2) is 24.3 Å². The number of nitro benzene ring substituents is 1. The molecule has 3 N–H and O–H groups in total. The van der Waals surface area contributed by atoms with Crippen molar-refractivity contribution in [3.8, 4) is 17.2 Å². The Morgan fingerprint density at radius 1 is 1.24 bits per heavy atom. The minimum Gasteiger partial charge on any atom is -0.462 e. The van der Waals surface area contributed by atoms with Gasteiger partial charge in [0.1, 0.15) is 17.5 Å². The van der Waals surface area contributed by atoms with Crippen molar-refractivity contribution in [1.29, 1.82) is 5.26 Å². The number of benzene rings is 1. The Morgan fingerprint density at radius 2 is 1.94 bits per heavy atom. The topological polar surface area (TPSA) is 167 Å².